The van der Waals surface area contributed by atoms with E-state index < -0.39 is 0 Å². The number of hydrogen-bond acceptors (Lipinski definition) is 4. The van der Waals surface area contributed by atoms with Crippen LogP contribution in [0.3, 0.4) is 0 Å². The molecule has 0 aliphatic carbocycles. The molecule has 0 saturated heterocycles. The van der Waals surface area contributed by atoms with Crippen LogP contribution < -0.4 is 5.32 Å². The predicted molar refractivity (Wildman–Crippen MR) is 83.7 cm³/mol. The van der Waals surface area contributed by atoms with Crippen LogP contribution in [0.2, 0.25) is 5.02 Å². The van der Waals surface area contributed by atoms with Crippen molar-refractivity contribution in [2.75, 3.05) is 5.32 Å². The average Bonchev–Trinajstić information content (AvgIpc) is 2.96. The van der Waals surface area contributed by atoms with Gasteiger partial charge in [-0.15, -0.1) is 0 Å². The van der Waals surface area contributed by atoms with Crippen molar-refractivity contribution in [3.8, 4) is 11.4 Å². The maximum absolute atomic E-state index is 5.97. The van der Waals surface area contributed by atoms with Gasteiger partial charge in [0.25, 0.3) is 0 Å². The molecule has 2 heterocycles. The van der Waals surface area contributed by atoms with E-state index in [0.29, 0.717) is 11.0 Å². The number of hydrogen-bond donors (Lipinski definition) is 1. The number of aryl methyl sites for hydroxylation is 1. The highest BCUT2D eigenvalue weighted by molar-refractivity contribution is 6.30. The van der Waals surface area contributed by atoms with Crippen molar-refractivity contribution in [1.82, 2.24) is 19.5 Å². The summed E-state index contributed by atoms with van der Waals surface area (Å²) in [7, 11) is 0. The smallest absolute Gasteiger partial charge is 0.227 e. The summed E-state index contributed by atoms with van der Waals surface area (Å²) in [5.41, 5.74) is 2.64. The predicted octanol–water partition coefficient (Wildman–Crippen LogP) is 3.76. The Labute approximate surface area is 127 Å². The molecule has 2 aromatic heterocycles. The van der Waals surface area contributed by atoms with Crippen molar-refractivity contribution in [1.29, 1.82) is 0 Å². The van der Waals surface area contributed by atoms with Crippen molar-refractivity contribution in [3.05, 3.63) is 54.1 Å². The van der Waals surface area contributed by atoms with E-state index in [4.69, 9.17) is 11.6 Å². The van der Waals surface area contributed by atoms with Gasteiger partial charge in [-0.1, -0.05) is 17.7 Å². The summed E-state index contributed by atoms with van der Waals surface area (Å²) < 4.78 is 2.03. The van der Waals surface area contributed by atoms with Crippen molar-refractivity contribution in [2.45, 2.75) is 13.5 Å². The van der Waals surface area contributed by atoms with Crippen LogP contribution in [-0.2, 0) is 6.54 Å². The molecular weight excluding hydrogens is 286 g/mol. The highest BCUT2D eigenvalue weighted by Gasteiger charge is 2.07. The summed E-state index contributed by atoms with van der Waals surface area (Å²) in [6, 6.07) is 9.31. The van der Waals surface area contributed by atoms with Gasteiger partial charge in [0.2, 0.25) is 5.95 Å². The molecule has 0 aliphatic heterocycles. The quantitative estimate of drug-likeness (QED) is 0.797. The molecule has 0 spiro atoms. The van der Waals surface area contributed by atoms with Crippen molar-refractivity contribution in [3.63, 3.8) is 0 Å². The third kappa shape index (κ3) is 3.03. The number of benzene rings is 1. The Morgan fingerprint density at radius 3 is 3.00 bits per heavy atom. The van der Waals surface area contributed by atoms with Gasteiger partial charge >= 0.3 is 0 Å². The van der Waals surface area contributed by atoms with E-state index in [1.54, 1.807) is 18.7 Å². The Morgan fingerprint density at radius 2 is 2.19 bits per heavy atom. The van der Waals surface area contributed by atoms with Crippen LogP contribution in [0, 0.1) is 0 Å². The maximum atomic E-state index is 5.97. The van der Waals surface area contributed by atoms with E-state index in [2.05, 4.69) is 27.2 Å². The van der Waals surface area contributed by atoms with Crippen LogP contribution in [0.1, 0.15) is 6.92 Å². The highest BCUT2D eigenvalue weighted by Crippen LogP contribution is 2.21. The molecule has 0 fully saturated rings. The minimum absolute atomic E-state index is 0.526. The lowest BCUT2D eigenvalue weighted by atomic mass is 10.3. The fourth-order valence-electron chi connectivity index (χ4n) is 2.04. The Balaban J connectivity index is 1.90. The van der Waals surface area contributed by atoms with Crippen LogP contribution in [0.25, 0.3) is 11.4 Å². The number of imidazole rings is 1. The van der Waals surface area contributed by atoms with Crippen LogP contribution in [-0.4, -0.2) is 19.5 Å². The standard InChI is InChI=1S/C15H14ClN5/c1-2-21-10-17-9-14(21)13-6-7-18-15(20-13)19-12-5-3-4-11(16)8-12/h3-10H,2H2,1H3,(H,18,19,20). The van der Waals surface area contributed by atoms with Crippen molar-refractivity contribution in [2.24, 2.45) is 0 Å². The van der Waals surface area contributed by atoms with E-state index in [1.165, 1.54) is 0 Å². The van der Waals surface area contributed by atoms with Crippen LogP contribution in [0.15, 0.2) is 49.1 Å². The number of anilines is 2. The van der Waals surface area contributed by atoms with E-state index in [0.717, 1.165) is 23.6 Å². The summed E-state index contributed by atoms with van der Waals surface area (Å²) in [6.45, 7) is 2.91. The third-order valence-corrected chi connectivity index (χ3v) is 3.29. The zero-order chi connectivity index (χ0) is 14.7. The van der Waals surface area contributed by atoms with Gasteiger partial charge in [0.05, 0.1) is 23.9 Å². The summed E-state index contributed by atoms with van der Waals surface area (Å²) in [6.07, 6.45) is 5.32. The van der Waals surface area contributed by atoms with Gasteiger partial charge < -0.3 is 9.88 Å². The van der Waals surface area contributed by atoms with Gasteiger partial charge in [-0.05, 0) is 31.2 Å². The normalized spacial score (nSPS) is 10.6. The van der Waals surface area contributed by atoms with Gasteiger partial charge in [0, 0.05) is 23.5 Å². The largest absolute Gasteiger partial charge is 0.330 e. The second-order valence-electron chi connectivity index (χ2n) is 4.47. The molecule has 0 saturated carbocycles. The highest BCUT2D eigenvalue weighted by atomic mass is 35.5. The fourth-order valence-corrected chi connectivity index (χ4v) is 2.23. The minimum Gasteiger partial charge on any atom is -0.330 e. The first-order chi connectivity index (χ1) is 10.3. The number of nitrogens with one attached hydrogen (secondary N) is 1. The second kappa shape index (κ2) is 5.93. The lowest BCUT2D eigenvalue weighted by Gasteiger charge is -2.08. The van der Waals surface area contributed by atoms with E-state index >= 15 is 0 Å². The first-order valence-corrected chi connectivity index (χ1v) is 7.00. The zero-order valence-electron chi connectivity index (χ0n) is 11.5. The third-order valence-electron chi connectivity index (χ3n) is 3.05. The molecule has 0 aliphatic rings. The van der Waals surface area contributed by atoms with Crippen molar-refractivity contribution >= 4 is 23.2 Å². The summed E-state index contributed by atoms with van der Waals surface area (Å²) >= 11 is 5.97. The Kier molecular flexibility index (Phi) is 3.83. The van der Waals surface area contributed by atoms with Gasteiger partial charge in [-0.3, -0.25) is 0 Å². The topological polar surface area (TPSA) is 55.6 Å². The lowest BCUT2D eigenvalue weighted by molar-refractivity contribution is 0.766. The Bertz CT molecular complexity index is 753. The monoisotopic (exact) mass is 299 g/mol. The van der Waals surface area contributed by atoms with E-state index in [1.807, 2.05) is 34.9 Å². The first-order valence-electron chi connectivity index (χ1n) is 6.62. The SMILES string of the molecule is CCn1cncc1-c1ccnc(Nc2cccc(Cl)c2)n1. The Hall–Kier alpha value is -2.40. The Morgan fingerprint density at radius 1 is 1.29 bits per heavy atom. The maximum Gasteiger partial charge on any atom is 0.227 e. The van der Waals surface area contributed by atoms with Gasteiger partial charge in [0.1, 0.15) is 0 Å². The van der Waals surface area contributed by atoms with E-state index in [-0.39, 0.29) is 0 Å². The second-order valence-corrected chi connectivity index (χ2v) is 4.90. The first kappa shape index (κ1) is 13.6. The van der Waals surface area contributed by atoms with Crippen LogP contribution in [0.4, 0.5) is 11.6 Å². The molecule has 0 unspecified atom stereocenters. The average molecular weight is 300 g/mol. The molecule has 3 aromatic rings. The minimum atomic E-state index is 0.526. The fraction of sp³-hybridized carbons (Fsp3) is 0.133. The molecule has 1 aromatic carbocycles. The number of rotatable bonds is 4. The summed E-state index contributed by atoms with van der Waals surface area (Å²) in [5, 5.41) is 3.82. The van der Waals surface area contributed by atoms with Crippen LogP contribution >= 0.6 is 11.6 Å². The zero-order valence-corrected chi connectivity index (χ0v) is 12.2. The number of aromatic nitrogens is 4. The molecule has 0 amide bonds. The molecule has 3 rings (SSSR count). The van der Waals surface area contributed by atoms with Crippen LogP contribution in [0.5, 0.6) is 0 Å². The van der Waals surface area contributed by atoms with Gasteiger partial charge in [-0.2, -0.15) is 0 Å². The summed E-state index contributed by atoms with van der Waals surface area (Å²) in [5.74, 6) is 0.526. The van der Waals surface area contributed by atoms with Crippen molar-refractivity contribution < 1.29 is 0 Å². The molecule has 106 valence electrons. The van der Waals surface area contributed by atoms with E-state index in [9.17, 15) is 0 Å². The van der Waals surface area contributed by atoms with Gasteiger partial charge in [-0.25, -0.2) is 15.0 Å². The number of nitrogens with zero attached hydrogens (tertiary/aromatic N) is 4. The molecule has 0 bridgehead atoms. The molecule has 0 radical (unpaired) electrons. The molecule has 6 heteroatoms. The molecular formula is C15H14ClN5. The molecule has 5 nitrogen and oxygen atoms in total. The molecule has 21 heavy (non-hydrogen) atoms. The number of halogens is 1. The summed E-state index contributed by atoms with van der Waals surface area (Å²) in [4.78, 5) is 12.9. The lowest BCUT2D eigenvalue weighted by Crippen LogP contribution is -2.00. The van der Waals surface area contributed by atoms with Gasteiger partial charge in [0.15, 0.2) is 0 Å². The molecule has 0 atom stereocenters. The molecule has 1 N–H and O–H groups in total.